The van der Waals surface area contributed by atoms with E-state index in [0.717, 1.165) is 11.5 Å². The van der Waals surface area contributed by atoms with E-state index >= 15 is 0 Å². The standard InChI is InChI=1S/C12H24N2O4S2/c1-13(2)9(11(15)16)7-19-5-6-20-8-10(12(17)18)14(3)4/h9-10H,5-8H2,1-4H3,(H,15,16)(H,17,18)/t9-,10-/m0/s1. The van der Waals surface area contributed by atoms with Gasteiger partial charge < -0.3 is 10.2 Å². The first kappa shape index (κ1) is 19.6. The number of rotatable bonds is 11. The van der Waals surface area contributed by atoms with Gasteiger partial charge in [0.05, 0.1) is 0 Å². The Hall–Kier alpha value is -0.440. The maximum absolute atomic E-state index is 11.0. The van der Waals surface area contributed by atoms with Crippen molar-refractivity contribution in [3.63, 3.8) is 0 Å². The van der Waals surface area contributed by atoms with Crippen LogP contribution in [0.1, 0.15) is 0 Å². The zero-order chi connectivity index (χ0) is 15.7. The number of hydrogen-bond acceptors (Lipinski definition) is 6. The minimum atomic E-state index is -0.811. The van der Waals surface area contributed by atoms with Crippen LogP contribution in [0.4, 0.5) is 0 Å². The van der Waals surface area contributed by atoms with E-state index in [1.807, 2.05) is 0 Å². The van der Waals surface area contributed by atoms with E-state index in [2.05, 4.69) is 0 Å². The van der Waals surface area contributed by atoms with Crippen molar-refractivity contribution in [1.29, 1.82) is 0 Å². The highest BCUT2D eigenvalue weighted by molar-refractivity contribution is 8.03. The number of carbonyl (C=O) groups is 2. The highest BCUT2D eigenvalue weighted by Gasteiger charge is 2.20. The van der Waals surface area contributed by atoms with E-state index in [4.69, 9.17) is 10.2 Å². The molecule has 0 radical (unpaired) electrons. The minimum absolute atomic E-state index is 0.474. The largest absolute Gasteiger partial charge is 0.480 e. The molecular formula is C12H24N2O4S2. The molecule has 0 saturated heterocycles. The Morgan fingerprint density at radius 3 is 1.35 bits per heavy atom. The van der Waals surface area contributed by atoms with Gasteiger partial charge in [-0.2, -0.15) is 23.5 Å². The number of thioether (sulfide) groups is 2. The van der Waals surface area contributed by atoms with Crippen LogP contribution in [0.25, 0.3) is 0 Å². The van der Waals surface area contributed by atoms with Gasteiger partial charge in [0, 0.05) is 23.0 Å². The molecule has 0 aromatic rings. The molecule has 118 valence electrons. The van der Waals surface area contributed by atoms with Crippen LogP contribution in [0.5, 0.6) is 0 Å². The van der Waals surface area contributed by atoms with Crippen molar-refractivity contribution in [2.45, 2.75) is 12.1 Å². The summed E-state index contributed by atoms with van der Waals surface area (Å²) in [4.78, 5) is 25.3. The predicted molar refractivity (Wildman–Crippen MR) is 84.9 cm³/mol. The molecule has 0 rings (SSSR count). The average molecular weight is 324 g/mol. The zero-order valence-electron chi connectivity index (χ0n) is 12.4. The first-order valence-corrected chi connectivity index (χ1v) is 8.52. The molecule has 20 heavy (non-hydrogen) atoms. The van der Waals surface area contributed by atoms with Crippen molar-refractivity contribution in [2.24, 2.45) is 0 Å². The summed E-state index contributed by atoms with van der Waals surface area (Å²) in [6.45, 7) is 0. The van der Waals surface area contributed by atoms with Crippen LogP contribution in [0.15, 0.2) is 0 Å². The molecule has 0 fully saturated rings. The van der Waals surface area contributed by atoms with Crippen LogP contribution in [-0.2, 0) is 9.59 Å². The molecule has 0 aromatic carbocycles. The zero-order valence-corrected chi connectivity index (χ0v) is 14.0. The highest BCUT2D eigenvalue weighted by Crippen LogP contribution is 2.12. The Bertz CT molecular complexity index is 284. The van der Waals surface area contributed by atoms with Crippen LogP contribution in [0.3, 0.4) is 0 Å². The average Bonchev–Trinajstić information content (AvgIpc) is 2.30. The molecular weight excluding hydrogens is 300 g/mol. The molecule has 0 aliphatic rings. The summed E-state index contributed by atoms with van der Waals surface area (Å²) in [7, 11) is 7.01. The molecule has 2 N–H and O–H groups in total. The highest BCUT2D eigenvalue weighted by atomic mass is 32.2. The maximum Gasteiger partial charge on any atom is 0.321 e. The third kappa shape index (κ3) is 7.98. The third-order valence-corrected chi connectivity index (χ3v) is 5.09. The predicted octanol–water partition coefficient (Wildman–Crippen LogP) is 0.482. The van der Waals surface area contributed by atoms with Gasteiger partial charge in [0.25, 0.3) is 0 Å². The lowest BCUT2D eigenvalue weighted by Gasteiger charge is -2.20. The van der Waals surface area contributed by atoms with E-state index in [9.17, 15) is 9.59 Å². The topological polar surface area (TPSA) is 81.1 Å². The molecule has 0 spiro atoms. The van der Waals surface area contributed by atoms with Gasteiger partial charge >= 0.3 is 11.9 Å². The van der Waals surface area contributed by atoms with Crippen LogP contribution < -0.4 is 0 Å². The number of nitrogens with zero attached hydrogens (tertiary/aromatic N) is 2. The second-order valence-corrected chi connectivity index (χ2v) is 7.08. The molecule has 0 bridgehead atoms. The number of carboxylic acids is 2. The summed E-state index contributed by atoms with van der Waals surface area (Å²) in [5.74, 6) is 1.10. The fraction of sp³-hybridized carbons (Fsp3) is 0.833. The summed E-state index contributed by atoms with van der Waals surface area (Å²) in [5, 5.41) is 18.0. The third-order valence-electron chi connectivity index (χ3n) is 2.74. The van der Waals surface area contributed by atoms with Gasteiger partial charge in [-0.25, -0.2) is 0 Å². The summed E-state index contributed by atoms with van der Waals surface area (Å²) < 4.78 is 0. The second kappa shape index (κ2) is 10.3. The summed E-state index contributed by atoms with van der Waals surface area (Å²) in [6, 6.07) is -0.947. The summed E-state index contributed by atoms with van der Waals surface area (Å²) in [6.07, 6.45) is 0. The molecule has 0 aliphatic heterocycles. The molecule has 6 nitrogen and oxygen atoms in total. The van der Waals surface area contributed by atoms with Gasteiger partial charge in [0.15, 0.2) is 0 Å². The summed E-state index contributed by atoms with van der Waals surface area (Å²) in [5.41, 5.74) is 0. The quantitative estimate of drug-likeness (QED) is 0.531. The first-order valence-electron chi connectivity index (χ1n) is 6.21. The molecule has 2 atom stereocenters. The molecule has 0 aromatic heterocycles. The van der Waals surface area contributed by atoms with Gasteiger partial charge in [-0.05, 0) is 28.2 Å². The van der Waals surface area contributed by atoms with Gasteiger partial charge in [-0.1, -0.05) is 0 Å². The number of likely N-dealkylation sites (N-methyl/N-ethyl adjacent to an activating group) is 2. The smallest absolute Gasteiger partial charge is 0.321 e. The van der Waals surface area contributed by atoms with E-state index in [0.29, 0.717) is 11.5 Å². The van der Waals surface area contributed by atoms with E-state index in [-0.39, 0.29) is 0 Å². The van der Waals surface area contributed by atoms with Crippen LogP contribution >= 0.6 is 23.5 Å². The van der Waals surface area contributed by atoms with E-state index in [1.165, 1.54) is 0 Å². The Morgan fingerprint density at radius 1 is 0.850 bits per heavy atom. The normalized spacial score (nSPS) is 14.5. The van der Waals surface area contributed by atoms with Gasteiger partial charge in [-0.15, -0.1) is 0 Å². The molecule has 0 heterocycles. The molecule has 0 saturated carbocycles. The van der Waals surface area contributed by atoms with Crippen molar-refractivity contribution < 1.29 is 19.8 Å². The first-order chi connectivity index (χ1) is 9.27. The van der Waals surface area contributed by atoms with Crippen LogP contribution in [0.2, 0.25) is 0 Å². The van der Waals surface area contributed by atoms with Gasteiger partial charge in [0.1, 0.15) is 12.1 Å². The SMILES string of the molecule is CN(C)[C@@H](CSCCSC[C@@H](C(=O)O)N(C)C)C(=O)O. The van der Waals surface area contributed by atoms with E-state index in [1.54, 1.807) is 61.5 Å². The lowest BCUT2D eigenvalue weighted by molar-refractivity contribution is -0.142. The Kier molecular flexibility index (Phi) is 10.1. The van der Waals surface area contributed by atoms with Gasteiger partial charge in [0.2, 0.25) is 0 Å². The van der Waals surface area contributed by atoms with Crippen molar-refractivity contribution >= 4 is 35.5 Å². The molecule has 8 heteroatoms. The summed E-state index contributed by atoms with van der Waals surface area (Å²) >= 11 is 3.16. The fourth-order valence-electron chi connectivity index (χ4n) is 1.39. The monoisotopic (exact) mass is 324 g/mol. The van der Waals surface area contributed by atoms with Crippen LogP contribution in [-0.4, -0.2) is 95.2 Å². The van der Waals surface area contributed by atoms with Crippen molar-refractivity contribution in [1.82, 2.24) is 9.80 Å². The number of aliphatic carboxylic acids is 2. The molecule has 0 aliphatic carbocycles. The van der Waals surface area contributed by atoms with Gasteiger partial charge in [-0.3, -0.25) is 19.4 Å². The lowest BCUT2D eigenvalue weighted by atomic mass is 10.3. The van der Waals surface area contributed by atoms with Crippen molar-refractivity contribution in [2.75, 3.05) is 51.2 Å². The van der Waals surface area contributed by atoms with Crippen molar-refractivity contribution in [3.05, 3.63) is 0 Å². The maximum atomic E-state index is 11.0. The minimum Gasteiger partial charge on any atom is -0.480 e. The second-order valence-electron chi connectivity index (χ2n) is 4.79. The molecule has 0 amide bonds. The Balaban J connectivity index is 3.81. The Labute approximate surface area is 128 Å². The number of carboxylic acid groups (broad SMARTS) is 2. The Morgan fingerprint density at radius 2 is 1.15 bits per heavy atom. The lowest BCUT2D eigenvalue weighted by Crippen LogP contribution is -2.38. The fourth-order valence-corrected chi connectivity index (χ4v) is 3.99. The number of hydrogen-bond donors (Lipinski definition) is 2. The van der Waals surface area contributed by atoms with Crippen LogP contribution in [0, 0.1) is 0 Å². The molecule has 0 unspecified atom stereocenters. The van der Waals surface area contributed by atoms with Crippen molar-refractivity contribution in [3.8, 4) is 0 Å². The van der Waals surface area contributed by atoms with E-state index < -0.39 is 24.0 Å².